The summed E-state index contributed by atoms with van der Waals surface area (Å²) >= 11 is 0. The van der Waals surface area contributed by atoms with Gasteiger partial charge in [-0.2, -0.15) is 0 Å². The van der Waals surface area contributed by atoms with E-state index in [1.54, 1.807) is 0 Å². The molecule has 0 radical (unpaired) electrons. The third-order valence-corrected chi connectivity index (χ3v) is 8.74. The number of Topliss-reactive ketones (excluding diaryl/α,β-unsaturated/α-hetero) is 1. The molecular formula is C34H56O4. The number of hydrogen-bond acceptors (Lipinski definition) is 4. The van der Waals surface area contributed by atoms with Crippen LogP contribution in [0.15, 0.2) is 0 Å². The molecule has 216 valence electrons. The highest BCUT2D eigenvalue weighted by Gasteiger charge is 2.34. The summed E-state index contributed by atoms with van der Waals surface area (Å²) in [4.78, 5) is 23.6. The molecule has 0 bridgehead atoms. The number of carbonyl (C=O) groups excluding carboxylic acids is 2. The molecule has 0 aromatic heterocycles. The van der Waals surface area contributed by atoms with Gasteiger partial charge in [-0.15, -0.1) is 0 Å². The van der Waals surface area contributed by atoms with Crippen molar-refractivity contribution in [2.75, 3.05) is 0 Å². The standard InChI is InChI=1S/C34H56O4/c1-23(2)13-10-14-24(3)15-11-16-25(4)17-12-21-34(9)22-20-30-29(8)32(27(6)28(7)33(30)38-34)37-31(36)19-18-26(5)35/h23-25H,10-22H2,1-9H3/t24-,25-,34-/m1/s1. The summed E-state index contributed by atoms with van der Waals surface area (Å²) < 4.78 is 12.5. The quantitative estimate of drug-likeness (QED) is 0.158. The number of benzene rings is 1. The van der Waals surface area contributed by atoms with Crippen LogP contribution < -0.4 is 9.47 Å². The zero-order valence-corrected chi connectivity index (χ0v) is 26.1. The highest BCUT2D eigenvalue weighted by molar-refractivity contribution is 5.82. The summed E-state index contributed by atoms with van der Waals surface area (Å²) in [6.07, 6.45) is 13.9. The van der Waals surface area contributed by atoms with Crippen LogP contribution in [0.2, 0.25) is 0 Å². The predicted octanol–water partition coefficient (Wildman–Crippen LogP) is 9.41. The third kappa shape index (κ3) is 10.0. The van der Waals surface area contributed by atoms with Gasteiger partial charge in [-0.3, -0.25) is 4.79 Å². The van der Waals surface area contributed by atoms with Gasteiger partial charge in [-0.05, 0) is 94.7 Å². The molecule has 1 aromatic carbocycles. The van der Waals surface area contributed by atoms with Crippen molar-refractivity contribution in [3.8, 4) is 11.5 Å². The van der Waals surface area contributed by atoms with E-state index in [0.29, 0.717) is 5.75 Å². The van der Waals surface area contributed by atoms with Crippen LogP contribution >= 0.6 is 0 Å². The fraction of sp³-hybridized carbons (Fsp3) is 0.765. The van der Waals surface area contributed by atoms with Crippen molar-refractivity contribution < 1.29 is 19.1 Å². The Morgan fingerprint density at radius 1 is 0.842 bits per heavy atom. The Morgan fingerprint density at radius 2 is 1.42 bits per heavy atom. The number of ketones is 1. The van der Waals surface area contributed by atoms with Crippen molar-refractivity contribution in [3.63, 3.8) is 0 Å². The van der Waals surface area contributed by atoms with Crippen molar-refractivity contribution in [2.24, 2.45) is 17.8 Å². The summed E-state index contributed by atoms with van der Waals surface area (Å²) in [7, 11) is 0. The van der Waals surface area contributed by atoms with Crippen molar-refractivity contribution >= 4 is 11.8 Å². The molecule has 0 spiro atoms. The molecule has 0 aliphatic carbocycles. The lowest BCUT2D eigenvalue weighted by molar-refractivity contribution is -0.136. The van der Waals surface area contributed by atoms with Crippen LogP contribution in [-0.2, 0) is 16.0 Å². The van der Waals surface area contributed by atoms with E-state index in [4.69, 9.17) is 9.47 Å². The van der Waals surface area contributed by atoms with Crippen LogP contribution in [-0.4, -0.2) is 17.4 Å². The first kappa shape index (κ1) is 32.4. The lowest BCUT2D eigenvalue weighted by Crippen LogP contribution is -2.37. The first-order valence-corrected chi connectivity index (χ1v) is 15.3. The number of rotatable bonds is 16. The van der Waals surface area contributed by atoms with E-state index in [-0.39, 0.29) is 30.2 Å². The van der Waals surface area contributed by atoms with Crippen LogP contribution in [0.5, 0.6) is 11.5 Å². The molecule has 1 aliphatic rings. The van der Waals surface area contributed by atoms with Gasteiger partial charge < -0.3 is 14.3 Å². The second-order valence-corrected chi connectivity index (χ2v) is 13.1. The third-order valence-electron chi connectivity index (χ3n) is 8.74. The maximum absolute atomic E-state index is 12.3. The normalized spacial score (nSPS) is 18.6. The molecule has 0 amide bonds. The molecule has 0 saturated heterocycles. The number of ether oxygens (including phenoxy) is 2. The summed E-state index contributed by atoms with van der Waals surface area (Å²) in [5.41, 5.74) is 4.01. The number of esters is 1. The fourth-order valence-electron chi connectivity index (χ4n) is 5.86. The Hall–Kier alpha value is -1.84. The van der Waals surface area contributed by atoms with Crippen molar-refractivity contribution in [1.29, 1.82) is 0 Å². The fourth-order valence-corrected chi connectivity index (χ4v) is 5.86. The molecule has 38 heavy (non-hydrogen) atoms. The topological polar surface area (TPSA) is 52.6 Å². The van der Waals surface area contributed by atoms with Crippen LogP contribution in [0, 0.1) is 38.5 Å². The number of fused-ring (bicyclic) bond motifs is 1. The molecule has 4 nitrogen and oxygen atoms in total. The molecular weight excluding hydrogens is 472 g/mol. The number of hydrogen-bond donors (Lipinski definition) is 0. The van der Waals surface area contributed by atoms with Crippen LogP contribution in [0.1, 0.15) is 141 Å². The molecule has 3 atom stereocenters. The van der Waals surface area contributed by atoms with E-state index in [0.717, 1.165) is 65.0 Å². The van der Waals surface area contributed by atoms with E-state index in [1.807, 2.05) is 13.8 Å². The van der Waals surface area contributed by atoms with E-state index >= 15 is 0 Å². The predicted molar refractivity (Wildman–Crippen MR) is 158 cm³/mol. The summed E-state index contributed by atoms with van der Waals surface area (Å²) in [5.74, 6) is 3.73. The van der Waals surface area contributed by atoms with Gasteiger partial charge >= 0.3 is 5.97 Å². The molecule has 0 N–H and O–H groups in total. The van der Waals surface area contributed by atoms with E-state index < -0.39 is 0 Å². The number of carbonyl (C=O) groups is 2. The van der Waals surface area contributed by atoms with Crippen LogP contribution in [0.25, 0.3) is 0 Å². The zero-order chi connectivity index (χ0) is 28.5. The second kappa shape index (κ2) is 15.1. The lowest BCUT2D eigenvalue weighted by atomic mass is 9.83. The monoisotopic (exact) mass is 528 g/mol. The Labute approximate surface area is 233 Å². The lowest BCUT2D eigenvalue weighted by Gasteiger charge is -2.38. The first-order valence-electron chi connectivity index (χ1n) is 15.3. The van der Waals surface area contributed by atoms with Gasteiger partial charge in [0.2, 0.25) is 0 Å². The second-order valence-electron chi connectivity index (χ2n) is 13.1. The Kier molecular flexibility index (Phi) is 12.8. The minimum absolute atomic E-state index is 0.00112. The van der Waals surface area contributed by atoms with Crippen LogP contribution in [0.3, 0.4) is 0 Å². The van der Waals surface area contributed by atoms with Crippen molar-refractivity contribution in [1.82, 2.24) is 0 Å². The molecule has 1 aromatic rings. The maximum Gasteiger partial charge on any atom is 0.311 e. The summed E-state index contributed by atoms with van der Waals surface area (Å²) in [6, 6.07) is 0. The summed E-state index contributed by atoms with van der Waals surface area (Å²) in [6.45, 7) is 19.3. The first-order chi connectivity index (χ1) is 17.8. The highest BCUT2D eigenvalue weighted by Crippen LogP contribution is 2.45. The van der Waals surface area contributed by atoms with E-state index in [2.05, 4.69) is 41.5 Å². The minimum atomic E-state index is -0.345. The average Bonchev–Trinajstić information content (AvgIpc) is 2.83. The van der Waals surface area contributed by atoms with Gasteiger partial charge in [0, 0.05) is 12.0 Å². The molecule has 4 heteroatoms. The van der Waals surface area contributed by atoms with Gasteiger partial charge in [0.15, 0.2) is 0 Å². The Balaban J connectivity index is 1.87. The van der Waals surface area contributed by atoms with Gasteiger partial charge in [0.1, 0.15) is 22.9 Å². The van der Waals surface area contributed by atoms with Gasteiger partial charge in [0.25, 0.3) is 0 Å². The van der Waals surface area contributed by atoms with Crippen LogP contribution in [0.4, 0.5) is 0 Å². The van der Waals surface area contributed by atoms with Gasteiger partial charge in [0.05, 0.1) is 6.42 Å². The van der Waals surface area contributed by atoms with E-state index in [1.165, 1.54) is 58.3 Å². The molecule has 0 unspecified atom stereocenters. The largest absolute Gasteiger partial charge is 0.487 e. The zero-order valence-electron chi connectivity index (χ0n) is 26.1. The van der Waals surface area contributed by atoms with Crippen molar-refractivity contribution in [3.05, 3.63) is 22.3 Å². The molecule has 1 heterocycles. The molecule has 2 rings (SSSR count). The molecule has 0 saturated carbocycles. The maximum atomic E-state index is 12.3. The minimum Gasteiger partial charge on any atom is -0.487 e. The van der Waals surface area contributed by atoms with Gasteiger partial charge in [-0.25, -0.2) is 0 Å². The summed E-state index contributed by atoms with van der Waals surface area (Å²) in [5, 5.41) is 0. The smallest absolute Gasteiger partial charge is 0.311 e. The Morgan fingerprint density at radius 3 is 2.00 bits per heavy atom. The molecule has 1 aliphatic heterocycles. The highest BCUT2D eigenvalue weighted by atomic mass is 16.5. The Bertz CT molecular complexity index is 931. The molecule has 0 fully saturated rings. The average molecular weight is 529 g/mol. The SMILES string of the molecule is CC(=O)CCC(=O)Oc1c(C)c(C)c2c(c1C)CC[C@@](C)(CCC[C@H](C)CCC[C@H](C)CCCC(C)C)O2. The van der Waals surface area contributed by atoms with E-state index in [9.17, 15) is 9.59 Å². The van der Waals surface area contributed by atoms with Gasteiger partial charge in [-0.1, -0.05) is 72.6 Å². The van der Waals surface area contributed by atoms with Crippen molar-refractivity contribution in [2.45, 2.75) is 151 Å².